The lowest BCUT2D eigenvalue weighted by Crippen LogP contribution is -1.92. The van der Waals surface area contributed by atoms with Crippen molar-refractivity contribution in [1.82, 2.24) is 10.2 Å². The molecule has 0 atom stereocenters. The molecule has 6 nitrogen and oxygen atoms in total. The van der Waals surface area contributed by atoms with Gasteiger partial charge in [0.05, 0.1) is 17.8 Å². The minimum atomic E-state index is -0.542. The molecule has 0 saturated carbocycles. The number of aryl methyl sites for hydroxylation is 1. The van der Waals surface area contributed by atoms with Crippen LogP contribution >= 0.6 is 0 Å². The zero-order valence-corrected chi connectivity index (χ0v) is 6.15. The predicted octanol–water partition coefficient (Wildman–Crippen LogP) is 0.774. The van der Waals surface area contributed by atoms with Gasteiger partial charge in [-0.3, -0.25) is 0 Å². The smallest absolute Gasteiger partial charge is 0.345 e. The summed E-state index contributed by atoms with van der Waals surface area (Å²) in [6.07, 6.45) is 2.00. The van der Waals surface area contributed by atoms with E-state index in [1.165, 1.54) is 6.20 Å². The number of hydrogen-bond acceptors (Lipinski definition) is 4. The number of H-pyrrole nitrogens is 1. The first-order chi connectivity index (χ1) is 5.75. The normalized spacial score (nSPS) is 9.25. The second kappa shape index (κ2) is 3.48. The van der Waals surface area contributed by atoms with Gasteiger partial charge in [-0.15, -0.1) is 5.10 Å². The molecule has 0 aliphatic heterocycles. The van der Waals surface area contributed by atoms with Crippen LogP contribution in [0.25, 0.3) is 0 Å². The molecule has 1 N–H and O–H groups in total. The van der Waals surface area contributed by atoms with Crippen molar-refractivity contribution in [3.05, 3.63) is 21.9 Å². The summed E-state index contributed by atoms with van der Waals surface area (Å²) >= 11 is 0. The van der Waals surface area contributed by atoms with Crippen molar-refractivity contribution in [3.8, 4) is 6.07 Å². The zero-order chi connectivity index (χ0) is 8.97. The molecule has 0 spiro atoms. The van der Waals surface area contributed by atoms with E-state index in [1.807, 2.05) is 6.07 Å². The van der Waals surface area contributed by atoms with Gasteiger partial charge >= 0.3 is 5.82 Å². The minimum absolute atomic E-state index is 0.120. The highest BCUT2D eigenvalue weighted by molar-refractivity contribution is 5.29. The highest BCUT2D eigenvalue weighted by Crippen LogP contribution is 2.14. The molecule has 0 radical (unpaired) electrons. The summed E-state index contributed by atoms with van der Waals surface area (Å²) in [5.74, 6) is -0.120. The fourth-order valence-electron chi connectivity index (χ4n) is 0.836. The number of aromatic amines is 1. The van der Waals surface area contributed by atoms with Crippen LogP contribution in [0.15, 0.2) is 6.20 Å². The van der Waals surface area contributed by atoms with Crippen molar-refractivity contribution in [2.24, 2.45) is 0 Å². The van der Waals surface area contributed by atoms with Crippen molar-refractivity contribution in [3.63, 3.8) is 0 Å². The van der Waals surface area contributed by atoms with Crippen LogP contribution in [0.5, 0.6) is 0 Å². The van der Waals surface area contributed by atoms with E-state index in [2.05, 4.69) is 10.2 Å². The van der Waals surface area contributed by atoms with Crippen molar-refractivity contribution in [2.75, 3.05) is 0 Å². The van der Waals surface area contributed by atoms with Crippen LogP contribution < -0.4 is 0 Å². The predicted molar refractivity (Wildman–Crippen MR) is 39.2 cm³/mol. The second-order valence-electron chi connectivity index (χ2n) is 2.16. The Bertz CT molecular complexity index is 325. The lowest BCUT2D eigenvalue weighted by molar-refractivity contribution is -0.390. The number of nitriles is 1. The van der Waals surface area contributed by atoms with Gasteiger partial charge in [0, 0.05) is 6.42 Å². The van der Waals surface area contributed by atoms with E-state index < -0.39 is 4.92 Å². The van der Waals surface area contributed by atoms with Gasteiger partial charge in [0.2, 0.25) is 0 Å². The van der Waals surface area contributed by atoms with Crippen molar-refractivity contribution in [1.29, 1.82) is 5.26 Å². The molecule has 1 rings (SSSR count). The Balaban J connectivity index is 2.79. The summed E-state index contributed by atoms with van der Waals surface area (Å²) in [5.41, 5.74) is 0.474. The Morgan fingerprint density at radius 2 is 2.58 bits per heavy atom. The lowest BCUT2D eigenvalue weighted by Gasteiger charge is -1.92. The Kier molecular flexibility index (Phi) is 2.38. The van der Waals surface area contributed by atoms with E-state index >= 15 is 0 Å². The van der Waals surface area contributed by atoms with Gasteiger partial charge in [-0.25, -0.2) is 0 Å². The Morgan fingerprint density at radius 3 is 3.17 bits per heavy atom. The molecule has 0 bridgehead atoms. The van der Waals surface area contributed by atoms with Crippen LogP contribution in [0.2, 0.25) is 0 Å². The molecule has 0 fully saturated rings. The Hall–Kier alpha value is -1.90. The van der Waals surface area contributed by atoms with E-state index in [9.17, 15) is 10.1 Å². The van der Waals surface area contributed by atoms with Crippen molar-refractivity contribution < 1.29 is 4.92 Å². The maximum absolute atomic E-state index is 10.3. The summed E-state index contributed by atoms with van der Waals surface area (Å²) < 4.78 is 0. The Labute approximate surface area is 68.0 Å². The average Bonchev–Trinajstić information content (AvgIpc) is 2.48. The number of aromatic nitrogens is 2. The highest BCUT2D eigenvalue weighted by Gasteiger charge is 2.13. The summed E-state index contributed by atoms with van der Waals surface area (Å²) in [4.78, 5) is 9.76. The Morgan fingerprint density at radius 1 is 1.83 bits per heavy atom. The monoisotopic (exact) mass is 166 g/mol. The summed E-state index contributed by atoms with van der Waals surface area (Å²) in [6.45, 7) is 0. The molecule has 1 aromatic rings. The molecular weight excluding hydrogens is 160 g/mol. The fourth-order valence-corrected chi connectivity index (χ4v) is 0.836. The molecule has 0 aromatic carbocycles. The molecule has 0 unspecified atom stereocenters. The van der Waals surface area contributed by atoms with Crippen LogP contribution in [0.1, 0.15) is 12.0 Å². The molecule has 0 aliphatic carbocycles. The van der Waals surface area contributed by atoms with E-state index in [0.717, 1.165) is 0 Å². The van der Waals surface area contributed by atoms with Gasteiger partial charge in [0.15, 0.2) is 0 Å². The number of nitrogens with one attached hydrogen (secondary N) is 1. The van der Waals surface area contributed by atoms with E-state index in [0.29, 0.717) is 12.0 Å². The van der Waals surface area contributed by atoms with Crippen LogP contribution in [-0.4, -0.2) is 15.1 Å². The standard InChI is InChI=1S/C6H6N4O2/c7-3-1-2-5-4-8-9-6(5)10(11)12/h4H,1-2H2,(H,8,9). The molecule has 0 aliphatic rings. The third kappa shape index (κ3) is 1.58. The number of nitro groups is 1. The fraction of sp³-hybridized carbons (Fsp3) is 0.333. The molecule has 6 heteroatoms. The van der Waals surface area contributed by atoms with Gasteiger partial charge in [0.25, 0.3) is 0 Å². The van der Waals surface area contributed by atoms with Crippen LogP contribution in [0, 0.1) is 21.4 Å². The molecular formula is C6H6N4O2. The molecule has 1 aromatic heterocycles. The van der Waals surface area contributed by atoms with E-state index in [4.69, 9.17) is 5.26 Å². The van der Waals surface area contributed by atoms with E-state index in [1.54, 1.807) is 0 Å². The largest absolute Gasteiger partial charge is 0.358 e. The molecule has 12 heavy (non-hydrogen) atoms. The zero-order valence-electron chi connectivity index (χ0n) is 6.15. The average molecular weight is 166 g/mol. The number of nitrogens with zero attached hydrogens (tertiary/aromatic N) is 3. The SMILES string of the molecule is N#CCCc1cn[nH]c1[N+](=O)[O-]. The first-order valence-corrected chi connectivity index (χ1v) is 3.29. The second-order valence-corrected chi connectivity index (χ2v) is 2.16. The third-order valence-electron chi connectivity index (χ3n) is 1.38. The molecule has 0 amide bonds. The molecule has 0 saturated heterocycles. The van der Waals surface area contributed by atoms with Gasteiger partial charge in [-0.2, -0.15) is 5.26 Å². The maximum Gasteiger partial charge on any atom is 0.345 e. The maximum atomic E-state index is 10.3. The van der Waals surface area contributed by atoms with Gasteiger partial charge in [-0.1, -0.05) is 5.10 Å². The van der Waals surface area contributed by atoms with E-state index in [-0.39, 0.29) is 12.2 Å². The number of hydrogen-bond donors (Lipinski definition) is 1. The summed E-state index contributed by atoms with van der Waals surface area (Å²) in [7, 11) is 0. The first kappa shape index (κ1) is 8.20. The van der Waals surface area contributed by atoms with Crippen molar-refractivity contribution in [2.45, 2.75) is 12.8 Å². The third-order valence-corrected chi connectivity index (χ3v) is 1.38. The topological polar surface area (TPSA) is 95.6 Å². The molecule has 62 valence electrons. The summed E-state index contributed by atoms with van der Waals surface area (Å²) in [6, 6.07) is 1.91. The lowest BCUT2D eigenvalue weighted by atomic mass is 10.2. The van der Waals surface area contributed by atoms with Gasteiger partial charge in [-0.05, 0) is 11.3 Å². The first-order valence-electron chi connectivity index (χ1n) is 3.29. The van der Waals surface area contributed by atoms with Gasteiger partial charge in [0.1, 0.15) is 0 Å². The quantitative estimate of drug-likeness (QED) is 0.529. The minimum Gasteiger partial charge on any atom is -0.358 e. The molecule has 1 heterocycles. The highest BCUT2D eigenvalue weighted by atomic mass is 16.6. The van der Waals surface area contributed by atoms with Crippen molar-refractivity contribution >= 4 is 5.82 Å². The van der Waals surface area contributed by atoms with Crippen LogP contribution in [-0.2, 0) is 6.42 Å². The van der Waals surface area contributed by atoms with Gasteiger partial charge < -0.3 is 10.1 Å². The van der Waals surface area contributed by atoms with Crippen LogP contribution in [0.4, 0.5) is 5.82 Å². The number of rotatable bonds is 3. The summed E-state index contributed by atoms with van der Waals surface area (Å²) in [5, 5.41) is 24.3. The van der Waals surface area contributed by atoms with Crippen LogP contribution in [0.3, 0.4) is 0 Å².